The molecule has 0 amide bonds. The standard InChI is InChI=1S/C13H20O2/c1-9(2)15-13-11(4)10(3)5-6-12(13)7-8-14/h5-6,9,14H,7-8H2,1-4H3. The average molecular weight is 208 g/mol. The zero-order valence-electron chi connectivity index (χ0n) is 10.0. The number of aryl methyl sites for hydroxylation is 1. The van der Waals surface area contributed by atoms with Crippen LogP contribution in [0.15, 0.2) is 12.1 Å². The van der Waals surface area contributed by atoms with Gasteiger partial charge in [-0.15, -0.1) is 0 Å². The van der Waals surface area contributed by atoms with Crippen molar-refractivity contribution in [2.24, 2.45) is 0 Å². The Morgan fingerprint density at radius 1 is 1.27 bits per heavy atom. The predicted octanol–water partition coefficient (Wildman–Crippen LogP) is 2.63. The van der Waals surface area contributed by atoms with E-state index < -0.39 is 0 Å². The normalized spacial score (nSPS) is 10.8. The number of ether oxygens (including phenoxy) is 1. The van der Waals surface area contributed by atoms with Crippen molar-refractivity contribution in [1.82, 2.24) is 0 Å². The number of aliphatic hydroxyl groups excluding tert-OH is 1. The van der Waals surface area contributed by atoms with Gasteiger partial charge < -0.3 is 9.84 Å². The molecule has 1 rings (SSSR count). The van der Waals surface area contributed by atoms with Crippen molar-refractivity contribution in [1.29, 1.82) is 0 Å². The Morgan fingerprint density at radius 2 is 1.93 bits per heavy atom. The third kappa shape index (κ3) is 2.96. The van der Waals surface area contributed by atoms with Gasteiger partial charge in [0, 0.05) is 6.61 Å². The molecule has 0 aliphatic rings. The molecule has 0 heterocycles. The van der Waals surface area contributed by atoms with E-state index in [1.807, 2.05) is 19.9 Å². The summed E-state index contributed by atoms with van der Waals surface area (Å²) in [5, 5.41) is 8.98. The molecule has 1 aromatic rings. The summed E-state index contributed by atoms with van der Waals surface area (Å²) in [5.41, 5.74) is 3.50. The van der Waals surface area contributed by atoms with Gasteiger partial charge in [-0.3, -0.25) is 0 Å². The van der Waals surface area contributed by atoms with Crippen LogP contribution in [-0.2, 0) is 6.42 Å². The Kier molecular flexibility index (Phi) is 4.15. The first-order valence-electron chi connectivity index (χ1n) is 5.42. The molecule has 1 aromatic carbocycles. The zero-order chi connectivity index (χ0) is 11.4. The zero-order valence-corrected chi connectivity index (χ0v) is 10.0. The van der Waals surface area contributed by atoms with Crippen LogP contribution in [0.25, 0.3) is 0 Å². The van der Waals surface area contributed by atoms with E-state index in [2.05, 4.69) is 19.9 Å². The van der Waals surface area contributed by atoms with E-state index in [1.54, 1.807) is 0 Å². The molecule has 0 aliphatic carbocycles. The summed E-state index contributed by atoms with van der Waals surface area (Å²) in [6.07, 6.45) is 0.825. The number of benzene rings is 1. The minimum atomic E-state index is 0.164. The summed E-state index contributed by atoms with van der Waals surface area (Å²) >= 11 is 0. The van der Waals surface area contributed by atoms with E-state index >= 15 is 0 Å². The Bertz CT molecular complexity index is 330. The second-order valence-electron chi connectivity index (χ2n) is 4.14. The minimum Gasteiger partial charge on any atom is -0.490 e. The quantitative estimate of drug-likeness (QED) is 0.824. The second kappa shape index (κ2) is 5.17. The van der Waals surface area contributed by atoms with Crippen LogP contribution in [0.3, 0.4) is 0 Å². The van der Waals surface area contributed by atoms with Crippen molar-refractivity contribution in [3.05, 3.63) is 28.8 Å². The fraction of sp³-hybridized carbons (Fsp3) is 0.538. The lowest BCUT2D eigenvalue weighted by atomic mass is 10.0. The van der Waals surface area contributed by atoms with Crippen molar-refractivity contribution in [3.63, 3.8) is 0 Å². The van der Waals surface area contributed by atoms with Crippen LogP contribution in [0.5, 0.6) is 5.75 Å². The average Bonchev–Trinajstić information content (AvgIpc) is 2.17. The van der Waals surface area contributed by atoms with E-state index in [4.69, 9.17) is 9.84 Å². The molecular formula is C13H20O2. The molecule has 2 nitrogen and oxygen atoms in total. The van der Waals surface area contributed by atoms with Gasteiger partial charge in [-0.1, -0.05) is 12.1 Å². The van der Waals surface area contributed by atoms with Crippen LogP contribution >= 0.6 is 0 Å². The van der Waals surface area contributed by atoms with Crippen LogP contribution in [0.4, 0.5) is 0 Å². The highest BCUT2D eigenvalue weighted by molar-refractivity contribution is 5.45. The van der Waals surface area contributed by atoms with E-state index in [0.29, 0.717) is 6.42 Å². The van der Waals surface area contributed by atoms with Gasteiger partial charge in [0.25, 0.3) is 0 Å². The molecule has 0 radical (unpaired) electrons. The van der Waals surface area contributed by atoms with Crippen molar-refractivity contribution in [3.8, 4) is 5.75 Å². The highest BCUT2D eigenvalue weighted by Crippen LogP contribution is 2.27. The molecule has 0 atom stereocenters. The predicted molar refractivity (Wildman–Crippen MR) is 62.5 cm³/mol. The van der Waals surface area contributed by atoms with E-state index in [1.165, 1.54) is 11.1 Å². The number of rotatable bonds is 4. The molecule has 0 saturated heterocycles. The molecule has 1 N–H and O–H groups in total. The Morgan fingerprint density at radius 3 is 2.47 bits per heavy atom. The van der Waals surface area contributed by atoms with Gasteiger partial charge >= 0.3 is 0 Å². The van der Waals surface area contributed by atoms with Gasteiger partial charge in [-0.2, -0.15) is 0 Å². The number of aliphatic hydroxyl groups is 1. The van der Waals surface area contributed by atoms with Crippen molar-refractivity contribution in [2.45, 2.75) is 40.2 Å². The maximum Gasteiger partial charge on any atom is 0.126 e. The Balaban J connectivity index is 3.10. The summed E-state index contributed by atoms with van der Waals surface area (Å²) in [7, 11) is 0. The van der Waals surface area contributed by atoms with Crippen molar-refractivity contribution >= 4 is 0 Å². The van der Waals surface area contributed by atoms with Crippen LogP contribution in [0.1, 0.15) is 30.5 Å². The summed E-state index contributed by atoms with van der Waals surface area (Å²) in [5.74, 6) is 0.944. The lowest BCUT2D eigenvalue weighted by molar-refractivity contribution is 0.234. The summed E-state index contributed by atoms with van der Waals surface area (Å²) in [6.45, 7) is 8.34. The molecule has 15 heavy (non-hydrogen) atoms. The molecule has 2 heteroatoms. The van der Waals surface area contributed by atoms with Crippen LogP contribution in [-0.4, -0.2) is 17.8 Å². The highest BCUT2D eigenvalue weighted by atomic mass is 16.5. The highest BCUT2D eigenvalue weighted by Gasteiger charge is 2.10. The Labute approximate surface area is 91.9 Å². The number of hydrogen-bond acceptors (Lipinski definition) is 2. The maximum atomic E-state index is 8.98. The third-order valence-electron chi connectivity index (χ3n) is 2.49. The Hall–Kier alpha value is -1.02. The second-order valence-corrected chi connectivity index (χ2v) is 4.14. The SMILES string of the molecule is Cc1ccc(CCO)c(OC(C)C)c1C. The topological polar surface area (TPSA) is 29.5 Å². The molecule has 0 bridgehead atoms. The summed E-state index contributed by atoms with van der Waals surface area (Å²) in [6, 6.07) is 4.11. The summed E-state index contributed by atoms with van der Waals surface area (Å²) in [4.78, 5) is 0. The summed E-state index contributed by atoms with van der Waals surface area (Å²) < 4.78 is 5.80. The van der Waals surface area contributed by atoms with Crippen LogP contribution < -0.4 is 4.74 Å². The minimum absolute atomic E-state index is 0.164. The molecule has 0 aliphatic heterocycles. The largest absolute Gasteiger partial charge is 0.490 e. The van der Waals surface area contributed by atoms with Crippen molar-refractivity contribution in [2.75, 3.05) is 6.61 Å². The smallest absolute Gasteiger partial charge is 0.126 e. The van der Waals surface area contributed by atoms with Gasteiger partial charge in [0.05, 0.1) is 6.10 Å². The van der Waals surface area contributed by atoms with Gasteiger partial charge in [0.2, 0.25) is 0 Å². The van der Waals surface area contributed by atoms with Gasteiger partial charge in [-0.05, 0) is 50.8 Å². The third-order valence-corrected chi connectivity index (χ3v) is 2.49. The molecule has 0 spiro atoms. The molecule has 0 fully saturated rings. The molecule has 0 aromatic heterocycles. The van der Waals surface area contributed by atoms with E-state index in [0.717, 1.165) is 11.3 Å². The first-order valence-corrected chi connectivity index (χ1v) is 5.42. The van der Waals surface area contributed by atoms with Crippen molar-refractivity contribution < 1.29 is 9.84 Å². The first-order chi connectivity index (χ1) is 7.06. The van der Waals surface area contributed by atoms with E-state index in [-0.39, 0.29) is 12.7 Å². The monoisotopic (exact) mass is 208 g/mol. The maximum absolute atomic E-state index is 8.98. The fourth-order valence-electron chi connectivity index (χ4n) is 1.56. The van der Waals surface area contributed by atoms with Gasteiger partial charge in [0.15, 0.2) is 0 Å². The molecule has 0 saturated carbocycles. The van der Waals surface area contributed by atoms with Gasteiger partial charge in [-0.25, -0.2) is 0 Å². The van der Waals surface area contributed by atoms with Crippen LogP contribution in [0, 0.1) is 13.8 Å². The lowest BCUT2D eigenvalue weighted by Crippen LogP contribution is -2.10. The molecule has 84 valence electrons. The van der Waals surface area contributed by atoms with E-state index in [9.17, 15) is 0 Å². The fourth-order valence-corrected chi connectivity index (χ4v) is 1.56. The lowest BCUT2D eigenvalue weighted by Gasteiger charge is -2.17. The van der Waals surface area contributed by atoms with Gasteiger partial charge in [0.1, 0.15) is 5.75 Å². The molecular weight excluding hydrogens is 188 g/mol. The van der Waals surface area contributed by atoms with Crippen LogP contribution in [0.2, 0.25) is 0 Å². The first kappa shape index (κ1) is 12.1. The molecule has 0 unspecified atom stereocenters. The number of hydrogen-bond donors (Lipinski definition) is 1.